The predicted octanol–water partition coefficient (Wildman–Crippen LogP) is 3.24. The number of unbranched alkanes of at least 4 members (excludes halogenated alkanes) is 2. The summed E-state index contributed by atoms with van der Waals surface area (Å²) in [5, 5.41) is 0. The average molecular weight is 202 g/mol. The van der Waals surface area contributed by atoms with Crippen LogP contribution in [0.2, 0.25) is 0 Å². The summed E-state index contributed by atoms with van der Waals surface area (Å²) in [6, 6.07) is 10.1. The number of ether oxygens (including phenoxy) is 1. The molecular weight excluding hydrogens is 184 g/mol. The summed E-state index contributed by atoms with van der Waals surface area (Å²) < 4.78 is 5.25. The molecule has 0 spiro atoms. The van der Waals surface area contributed by atoms with E-state index < -0.39 is 0 Å². The van der Waals surface area contributed by atoms with E-state index in [4.69, 9.17) is 4.74 Å². The average Bonchev–Trinajstić information content (AvgIpc) is 2.29. The molecule has 1 rings (SSSR count). The van der Waals surface area contributed by atoms with Crippen molar-refractivity contribution in [1.29, 1.82) is 0 Å². The standard InChI is InChI=1S/C14H18O/c1-2-15-13-9-4-3-6-10-14-11-7-5-8-12-14/h5,7-8,11-12H,2-4,9,13H2,1H3. The molecule has 0 saturated carbocycles. The minimum absolute atomic E-state index is 0.815. The molecule has 0 unspecified atom stereocenters. The van der Waals surface area contributed by atoms with E-state index >= 15 is 0 Å². The maximum atomic E-state index is 5.25. The Morgan fingerprint density at radius 1 is 1.13 bits per heavy atom. The zero-order chi connectivity index (χ0) is 10.8. The fourth-order valence-corrected chi connectivity index (χ4v) is 1.25. The summed E-state index contributed by atoms with van der Waals surface area (Å²) in [5.74, 6) is 6.32. The van der Waals surface area contributed by atoms with E-state index in [0.717, 1.165) is 38.0 Å². The zero-order valence-electron chi connectivity index (χ0n) is 9.33. The van der Waals surface area contributed by atoms with Crippen molar-refractivity contribution >= 4 is 0 Å². The summed E-state index contributed by atoms with van der Waals surface area (Å²) in [5.41, 5.74) is 1.10. The molecule has 0 saturated heterocycles. The lowest BCUT2D eigenvalue weighted by atomic mass is 10.2. The van der Waals surface area contributed by atoms with Gasteiger partial charge in [-0.05, 0) is 31.9 Å². The van der Waals surface area contributed by atoms with Crippen molar-refractivity contribution in [1.82, 2.24) is 0 Å². The van der Waals surface area contributed by atoms with Gasteiger partial charge in [0.1, 0.15) is 0 Å². The van der Waals surface area contributed by atoms with E-state index in [0.29, 0.717) is 0 Å². The first kappa shape index (κ1) is 11.8. The molecule has 0 N–H and O–H groups in total. The maximum Gasteiger partial charge on any atom is 0.0466 e. The van der Waals surface area contributed by atoms with E-state index in [1.54, 1.807) is 0 Å². The van der Waals surface area contributed by atoms with Crippen molar-refractivity contribution in [3.63, 3.8) is 0 Å². The lowest BCUT2D eigenvalue weighted by Gasteiger charge is -1.97. The molecule has 1 heteroatoms. The van der Waals surface area contributed by atoms with Crippen LogP contribution in [0.25, 0.3) is 0 Å². The third kappa shape index (κ3) is 5.93. The van der Waals surface area contributed by atoms with Crippen LogP contribution in [0.3, 0.4) is 0 Å². The fourth-order valence-electron chi connectivity index (χ4n) is 1.25. The third-order valence-corrected chi connectivity index (χ3v) is 2.05. The van der Waals surface area contributed by atoms with Gasteiger partial charge in [-0.2, -0.15) is 0 Å². The number of rotatable bonds is 5. The van der Waals surface area contributed by atoms with Crippen LogP contribution in [-0.4, -0.2) is 13.2 Å². The van der Waals surface area contributed by atoms with Gasteiger partial charge in [0.15, 0.2) is 0 Å². The van der Waals surface area contributed by atoms with Crippen molar-refractivity contribution in [2.45, 2.75) is 26.2 Å². The molecule has 0 bridgehead atoms. The van der Waals surface area contributed by atoms with Gasteiger partial charge in [-0.15, -0.1) is 0 Å². The normalized spacial score (nSPS) is 9.40. The van der Waals surface area contributed by atoms with Crippen LogP contribution in [0.1, 0.15) is 31.7 Å². The fraction of sp³-hybridized carbons (Fsp3) is 0.429. The number of benzene rings is 1. The first-order valence-electron chi connectivity index (χ1n) is 5.55. The molecule has 0 aliphatic rings. The summed E-state index contributed by atoms with van der Waals surface area (Å²) in [7, 11) is 0. The molecule has 15 heavy (non-hydrogen) atoms. The topological polar surface area (TPSA) is 9.23 Å². The lowest BCUT2D eigenvalue weighted by molar-refractivity contribution is 0.144. The Morgan fingerprint density at radius 3 is 2.67 bits per heavy atom. The molecule has 0 heterocycles. The van der Waals surface area contributed by atoms with Crippen LogP contribution >= 0.6 is 0 Å². The summed E-state index contributed by atoms with van der Waals surface area (Å²) >= 11 is 0. The molecular formula is C14H18O. The Bertz CT molecular complexity index is 305. The maximum absolute atomic E-state index is 5.25. The molecule has 0 atom stereocenters. The van der Waals surface area contributed by atoms with Crippen LogP contribution in [0.4, 0.5) is 0 Å². The second-order valence-corrected chi connectivity index (χ2v) is 3.32. The summed E-state index contributed by atoms with van der Waals surface area (Å²) in [6.07, 6.45) is 3.19. The minimum Gasteiger partial charge on any atom is -0.382 e. The Hall–Kier alpha value is -1.26. The van der Waals surface area contributed by atoms with Crippen molar-refractivity contribution in [2.75, 3.05) is 13.2 Å². The molecule has 1 nitrogen and oxygen atoms in total. The van der Waals surface area contributed by atoms with Crippen LogP contribution < -0.4 is 0 Å². The van der Waals surface area contributed by atoms with Crippen molar-refractivity contribution in [3.05, 3.63) is 35.9 Å². The first-order chi connectivity index (χ1) is 7.43. The van der Waals surface area contributed by atoms with Gasteiger partial charge < -0.3 is 4.74 Å². The Balaban J connectivity index is 2.12. The smallest absolute Gasteiger partial charge is 0.0466 e. The van der Waals surface area contributed by atoms with E-state index in [1.807, 2.05) is 37.3 Å². The molecule has 0 amide bonds. The number of hydrogen-bond acceptors (Lipinski definition) is 1. The van der Waals surface area contributed by atoms with Gasteiger partial charge in [-0.3, -0.25) is 0 Å². The summed E-state index contributed by atoms with van der Waals surface area (Å²) in [4.78, 5) is 0. The lowest BCUT2D eigenvalue weighted by Crippen LogP contribution is -1.92. The quantitative estimate of drug-likeness (QED) is 0.526. The Morgan fingerprint density at radius 2 is 1.93 bits per heavy atom. The second-order valence-electron chi connectivity index (χ2n) is 3.32. The van der Waals surface area contributed by atoms with Gasteiger partial charge in [0.05, 0.1) is 0 Å². The largest absolute Gasteiger partial charge is 0.382 e. The number of hydrogen-bond donors (Lipinski definition) is 0. The van der Waals surface area contributed by atoms with Gasteiger partial charge in [0.2, 0.25) is 0 Å². The second kappa shape index (κ2) is 8.08. The van der Waals surface area contributed by atoms with Crippen LogP contribution in [0.15, 0.2) is 30.3 Å². The molecule has 80 valence electrons. The first-order valence-corrected chi connectivity index (χ1v) is 5.55. The highest BCUT2D eigenvalue weighted by atomic mass is 16.5. The van der Waals surface area contributed by atoms with E-state index in [9.17, 15) is 0 Å². The van der Waals surface area contributed by atoms with E-state index in [-0.39, 0.29) is 0 Å². The predicted molar refractivity (Wildman–Crippen MR) is 63.7 cm³/mol. The van der Waals surface area contributed by atoms with Crippen LogP contribution in [0.5, 0.6) is 0 Å². The molecule has 0 radical (unpaired) electrons. The highest BCUT2D eigenvalue weighted by molar-refractivity contribution is 5.33. The minimum atomic E-state index is 0.815. The molecule has 1 aromatic carbocycles. The van der Waals surface area contributed by atoms with Gasteiger partial charge >= 0.3 is 0 Å². The Labute approximate surface area is 92.5 Å². The highest BCUT2D eigenvalue weighted by Gasteiger charge is 1.86. The summed E-state index contributed by atoms with van der Waals surface area (Å²) in [6.45, 7) is 3.70. The molecule has 0 aliphatic heterocycles. The van der Waals surface area contributed by atoms with Gasteiger partial charge in [-0.1, -0.05) is 30.0 Å². The van der Waals surface area contributed by atoms with E-state index in [2.05, 4.69) is 11.8 Å². The highest BCUT2D eigenvalue weighted by Crippen LogP contribution is 1.97. The SMILES string of the molecule is CCOCCCCC#Cc1ccccc1. The van der Waals surface area contributed by atoms with Crippen molar-refractivity contribution in [3.8, 4) is 11.8 Å². The van der Waals surface area contributed by atoms with Crippen molar-refractivity contribution < 1.29 is 4.74 Å². The van der Waals surface area contributed by atoms with Gasteiger partial charge in [-0.25, -0.2) is 0 Å². The molecule has 0 aromatic heterocycles. The van der Waals surface area contributed by atoms with Crippen molar-refractivity contribution in [2.24, 2.45) is 0 Å². The van der Waals surface area contributed by atoms with Crippen LogP contribution in [-0.2, 0) is 4.74 Å². The zero-order valence-corrected chi connectivity index (χ0v) is 9.33. The van der Waals surface area contributed by atoms with Gasteiger partial charge in [0.25, 0.3) is 0 Å². The molecule has 0 aliphatic carbocycles. The molecule has 1 aromatic rings. The molecule has 0 fully saturated rings. The third-order valence-electron chi connectivity index (χ3n) is 2.05. The Kier molecular flexibility index (Phi) is 6.36. The van der Waals surface area contributed by atoms with Gasteiger partial charge in [0, 0.05) is 25.2 Å². The monoisotopic (exact) mass is 202 g/mol. The van der Waals surface area contributed by atoms with E-state index in [1.165, 1.54) is 0 Å². The van der Waals surface area contributed by atoms with Crippen LogP contribution in [0, 0.1) is 11.8 Å².